The van der Waals surface area contributed by atoms with E-state index in [-0.39, 0.29) is 18.5 Å². The van der Waals surface area contributed by atoms with Crippen molar-refractivity contribution in [2.75, 3.05) is 20.6 Å². The zero-order valence-electron chi connectivity index (χ0n) is 8.95. The first-order valence-corrected chi connectivity index (χ1v) is 4.42. The minimum absolute atomic E-state index is 0. The van der Waals surface area contributed by atoms with Gasteiger partial charge in [-0.3, -0.25) is 5.43 Å². The molecule has 0 aliphatic rings. The summed E-state index contributed by atoms with van der Waals surface area (Å²) in [5, 5.41) is 0. The van der Waals surface area contributed by atoms with Crippen molar-refractivity contribution in [1.82, 2.24) is 10.3 Å². The Bertz CT molecular complexity index is 156. The van der Waals surface area contributed by atoms with Gasteiger partial charge in [0.1, 0.15) is 6.10 Å². The van der Waals surface area contributed by atoms with Crippen LogP contribution in [-0.2, 0) is 4.74 Å². The van der Waals surface area contributed by atoms with E-state index in [1.165, 1.54) is 0 Å². The highest BCUT2D eigenvalue weighted by Crippen LogP contribution is 2.03. The number of carbonyl (C=O) groups is 1. The highest BCUT2D eigenvalue weighted by atomic mass is 35.5. The van der Waals surface area contributed by atoms with Crippen LogP contribution in [0.25, 0.3) is 0 Å². The highest BCUT2D eigenvalue weighted by molar-refractivity contribution is 5.85. The summed E-state index contributed by atoms with van der Waals surface area (Å²) in [5.41, 5.74) is 1.94. The van der Waals surface area contributed by atoms with Gasteiger partial charge in [-0.1, -0.05) is 6.92 Å². The number of hydrazine groups is 1. The number of hydrogen-bond acceptors (Lipinski definition) is 4. The molecule has 0 saturated heterocycles. The van der Waals surface area contributed by atoms with Gasteiger partial charge in [0.05, 0.1) is 0 Å². The van der Waals surface area contributed by atoms with E-state index in [1.54, 1.807) is 0 Å². The second kappa shape index (κ2) is 9.05. The number of nitrogens with zero attached hydrogens (tertiary/aromatic N) is 1. The number of rotatable bonds is 5. The largest absolute Gasteiger partial charge is 0.445 e. The van der Waals surface area contributed by atoms with Crippen LogP contribution in [-0.4, -0.2) is 37.7 Å². The van der Waals surface area contributed by atoms with Gasteiger partial charge in [0.2, 0.25) is 0 Å². The predicted molar refractivity (Wildman–Crippen MR) is 58.3 cm³/mol. The summed E-state index contributed by atoms with van der Waals surface area (Å²) in [6.45, 7) is 2.88. The number of nitrogens with two attached hydrogens (primary N) is 1. The van der Waals surface area contributed by atoms with E-state index in [0.717, 1.165) is 19.4 Å². The lowest BCUT2D eigenvalue weighted by Crippen LogP contribution is -2.34. The molecule has 86 valence electrons. The SMILES string of the molecule is CCC(CCN(C)C)OC(=O)NN.Cl. The van der Waals surface area contributed by atoms with Crippen molar-refractivity contribution in [3.63, 3.8) is 0 Å². The van der Waals surface area contributed by atoms with Gasteiger partial charge >= 0.3 is 6.09 Å². The molecule has 0 fully saturated rings. The van der Waals surface area contributed by atoms with Crippen molar-refractivity contribution in [1.29, 1.82) is 0 Å². The third-order valence-corrected chi connectivity index (χ3v) is 1.75. The normalized spacial score (nSPS) is 11.8. The van der Waals surface area contributed by atoms with Crippen LogP contribution >= 0.6 is 12.4 Å². The first-order chi connectivity index (χ1) is 6.10. The van der Waals surface area contributed by atoms with Gasteiger partial charge in [0.15, 0.2) is 0 Å². The van der Waals surface area contributed by atoms with Crippen LogP contribution in [0.1, 0.15) is 19.8 Å². The third-order valence-electron chi connectivity index (χ3n) is 1.75. The molecule has 1 unspecified atom stereocenters. The average molecular weight is 226 g/mol. The van der Waals surface area contributed by atoms with Gasteiger partial charge in [-0.05, 0) is 26.9 Å². The Morgan fingerprint density at radius 1 is 1.57 bits per heavy atom. The van der Waals surface area contributed by atoms with E-state index in [9.17, 15) is 4.79 Å². The van der Waals surface area contributed by atoms with E-state index in [4.69, 9.17) is 10.6 Å². The Hall–Kier alpha value is -0.520. The van der Waals surface area contributed by atoms with Crippen molar-refractivity contribution < 1.29 is 9.53 Å². The molecular formula is C8H20ClN3O2. The maximum atomic E-state index is 10.8. The molecule has 1 amide bonds. The number of hydrogen-bond donors (Lipinski definition) is 2. The van der Waals surface area contributed by atoms with Crippen LogP contribution in [0.5, 0.6) is 0 Å². The fourth-order valence-corrected chi connectivity index (χ4v) is 0.934. The van der Waals surface area contributed by atoms with Crippen LogP contribution in [0.3, 0.4) is 0 Å². The van der Waals surface area contributed by atoms with Crippen molar-refractivity contribution in [2.45, 2.75) is 25.9 Å². The van der Waals surface area contributed by atoms with Crippen molar-refractivity contribution in [3.8, 4) is 0 Å². The van der Waals surface area contributed by atoms with E-state index in [2.05, 4.69) is 0 Å². The maximum absolute atomic E-state index is 10.8. The molecule has 0 aromatic rings. The van der Waals surface area contributed by atoms with E-state index in [1.807, 2.05) is 31.3 Å². The van der Waals surface area contributed by atoms with Gasteiger partial charge in [0, 0.05) is 6.54 Å². The van der Waals surface area contributed by atoms with Crippen molar-refractivity contribution >= 4 is 18.5 Å². The second-order valence-electron chi connectivity index (χ2n) is 3.17. The summed E-state index contributed by atoms with van der Waals surface area (Å²) in [6.07, 6.45) is 1.02. The Morgan fingerprint density at radius 3 is 2.50 bits per heavy atom. The Balaban J connectivity index is 0. The van der Waals surface area contributed by atoms with Gasteiger partial charge in [0.25, 0.3) is 0 Å². The standard InChI is InChI=1S/C8H19N3O2.ClH/c1-4-7(5-6-11(2)3)13-8(12)10-9;/h7H,4-6,9H2,1-3H3,(H,10,12);1H. The van der Waals surface area contributed by atoms with Crippen LogP contribution < -0.4 is 11.3 Å². The second-order valence-corrected chi connectivity index (χ2v) is 3.17. The molecule has 0 saturated carbocycles. The highest BCUT2D eigenvalue weighted by Gasteiger charge is 2.11. The lowest BCUT2D eigenvalue weighted by Gasteiger charge is -2.17. The quantitative estimate of drug-likeness (QED) is 0.412. The minimum atomic E-state index is -0.564. The molecule has 0 aromatic carbocycles. The van der Waals surface area contributed by atoms with Gasteiger partial charge < -0.3 is 9.64 Å². The third kappa shape index (κ3) is 8.10. The molecule has 0 aliphatic heterocycles. The number of halogens is 1. The van der Waals surface area contributed by atoms with Crippen LogP contribution in [0, 0.1) is 0 Å². The number of amides is 1. The van der Waals surface area contributed by atoms with Crippen LogP contribution in [0.15, 0.2) is 0 Å². The number of nitrogens with one attached hydrogen (secondary N) is 1. The summed E-state index contributed by atoms with van der Waals surface area (Å²) in [5.74, 6) is 4.90. The monoisotopic (exact) mass is 225 g/mol. The molecule has 0 spiro atoms. The number of ether oxygens (including phenoxy) is 1. The summed E-state index contributed by atoms with van der Waals surface area (Å²) >= 11 is 0. The Kier molecular flexibility index (Phi) is 10.3. The first-order valence-electron chi connectivity index (χ1n) is 4.42. The fraction of sp³-hybridized carbons (Fsp3) is 0.875. The summed E-state index contributed by atoms with van der Waals surface area (Å²) in [4.78, 5) is 12.8. The average Bonchev–Trinajstić information content (AvgIpc) is 2.11. The van der Waals surface area contributed by atoms with Gasteiger partial charge in [-0.2, -0.15) is 0 Å². The lowest BCUT2D eigenvalue weighted by molar-refractivity contribution is 0.0857. The molecule has 1 atom stereocenters. The molecular weight excluding hydrogens is 206 g/mol. The smallest absolute Gasteiger partial charge is 0.421 e. The Labute approximate surface area is 91.3 Å². The van der Waals surface area contributed by atoms with Crippen molar-refractivity contribution in [3.05, 3.63) is 0 Å². The predicted octanol–water partition coefficient (Wildman–Crippen LogP) is 0.738. The molecule has 14 heavy (non-hydrogen) atoms. The maximum Gasteiger partial charge on any atom is 0.421 e. The minimum Gasteiger partial charge on any atom is -0.445 e. The lowest BCUT2D eigenvalue weighted by atomic mass is 10.2. The molecule has 0 bridgehead atoms. The molecule has 3 N–H and O–H groups in total. The molecule has 0 rings (SSSR count). The molecule has 0 heterocycles. The first kappa shape index (κ1) is 15.9. The van der Waals surface area contributed by atoms with Gasteiger partial charge in [-0.15, -0.1) is 12.4 Å². The molecule has 0 aliphatic carbocycles. The molecule has 6 heteroatoms. The van der Waals surface area contributed by atoms with Crippen LogP contribution in [0.4, 0.5) is 4.79 Å². The molecule has 0 aromatic heterocycles. The summed E-state index contributed by atoms with van der Waals surface area (Å²) in [7, 11) is 3.96. The molecule has 0 radical (unpaired) electrons. The zero-order chi connectivity index (χ0) is 10.3. The summed E-state index contributed by atoms with van der Waals surface area (Å²) in [6, 6.07) is 0. The summed E-state index contributed by atoms with van der Waals surface area (Å²) < 4.78 is 5.00. The topological polar surface area (TPSA) is 67.6 Å². The number of carbonyl (C=O) groups excluding carboxylic acids is 1. The Morgan fingerprint density at radius 2 is 2.14 bits per heavy atom. The van der Waals surface area contributed by atoms with Gasteiger partial charge in [-0.25, -0.2) is 10.6 Å². The van der Waals surface area contributed by atoms with E-state index in [0.29, 0.717) is 0 Å². The van der Waals surface area contributed by atoms with Crippen molar-refractivity contribution in [2.24, 2.45) is 5.84 Å². The van der Waals surface area contributed by atoms with E-state index < -0.39 is 6.09 Å². The fourth-order valence-electron chi connectivity index (χ4n) is 0.934. The zero-order valence-corrected chi connectivity index (χ0v) is 9.76. The molecule has 5 nitrogen and oxygen atoms in total. The van der Waals surface area contributed by atoms with Crippen LogP contribution in [0.2, 0.25) is 0 Å². The van der Waals surface area contributed by atoms with E-state index >= 15 is 0 Å².